The molecular formula is C23H28N2O6. The number of rotatable bonds is 7. The van der Waals surface area contributed by atoms with Gasteiger partial charge < -0.3 is 19.3 Å². The monoisotopic (exact) mass is 428 g/mol. The van der Waals surface area contributed by atoms with E-state index in [1.54, 1.807) is 14.2 Å². The normalized spacial score (nSPS) is 18.3. The summed E-state index contributed by atoms with van der Waals surface area (Å²) in [6.07, 6.45) is 3.32. The fraction of sp³-hybridized carbons (Fsp3) is 0.478. The molecule has 0 bridgehead atoms. The molecule has 3 heterocycles. The number of fused-ring (bicyclic) bond motifs is 6. The van der Waals surface area contributed by atoms with Crippen LogP contribution in [0.15, 0.2) is 29.2 Å². The maximum atomic E-state index is 12.5. The lowest BCUT2D eigenvalue weighted by Crippen LogP contribution is -2.50. The van der Waals surface area contributed by atoms with E-state index in [0.29, 0.717) is 31.3 Å². The van der Waals surface area contributed by atoms with Gasteiger partial charge in [0.05, 0.1) is 44.2 Å². The predicted octanol–water partition coefficient (Wildman–Crippen LogP) is 2.95. The van der Waals surface area contributed by atoms with Gasteiger partial charge in [0.15, 0.2) is 5.43 Å². The Morgan fingerprint density at radius 1 is 1.23 bits per heavy atom. The quantitative estimate of drug-likeness (QED) is 0.678. The van der Waals surface area contributed by atoms with Gasteiger partial charge in [-0.3, -0.25) is 14.5 Å². The zero-order chi connectivity index (χ0) is 22.3. The molecule has 8 heteroatoms. The van der Waals surface area contributed by atoms with E-state index < -0.39 is 11.4 Å². The molecule has 2 aliphatic heterocycles. The van der Waals surface area contributed by atoms with Crippen molar-refractivity contribution in [2.24, 2.45) is 0 Å². The van der Waals surface area contributed by atoms with Gasteiger partial charge in [0.25, 0.3) is 0 Å². The van der Waals surface area contributed by atoms with Gasteiger partial charge >= 0.3 is 5.97 Å². The molecule has 2 aliphatic rings. The number of methoxy groups -OCH3 is 2. The van der Waals surface area contributed by atoms with Crippen LogP contribution in [0, 0.1) is 0 Å². The van der Waals surface area contributed by atoms with Crippen molar-refractivity contribution in [3.05, 3.63) is 51.3 Å². The average Bonchev–Trinajstić information content (AvgIpc) is 3.05. The molecular weight excluding hydrogens is 400 g/mol. The molecule has 4 rings (SSSR count). The van der Waals surface area contributed by atoms with E-state index in [1.807, 2.05) is 10.7 Å². The Morgan fingerprint density at radius 3 is 2.68 bits per heavy atom. The first-order valence-electron chi connectivity index (χ1n) is 10.4. The molecule has 0 saturated carbocycles. The van der Waals surface area contributed by atoms with Gasteiger partial charge in [0.1, 0.15) is 11.3 Å². The van der Waals surface area contributed by atoms with Crippen LogP contribution in [0.2, 0.25) is 0 Å². The number of ether oxygens (including phenoxy) is 3. The molecule has 0 unspecified atom stereocenters. The van der Waals surface area contributed by atoms with Crippen LogP contribution in [0.5, 0.6) is 5.75 Å². The standard InChI is InChI=1S/C23H28N2O6/c1-23(2)6-5-18-15-9-14(13-31-8-7-29-3)21(30-4)10-16(15)19-11-20(26)17(22(27)28)12-24(19)25(18)23/h9-12,18H,5-8,13H2,1-4H3,(H,27,28)/t18-/m1/s1. The molecule has 1 aromatic heterocycles. The highest BCUT2D eigenvalue weighted by molar-refractivity contribution is 5.88. The van der Waals surface area contributed by atoms with Gasteiger partial charge in [-0.25, -0.2) is 4.79 Å². The van der Waals surface area contributed by atoms with Crippen LogP contribution in [-0.2, 0) is 16.1 Å². The molecule has 1 saturated heterocycles. The van der Waals surface area contributed by atoms with E-state index in [0.717, 1.165) is 29.5 Å². The van der Waals surface area contributed by atoms with Crippen molar-refractivity contribution >= 4 is 5.97 Å². The minimum atomic E-state index is -1.22. The first-order valence-corrected chi connectivity index (χ1v) is 10.4. The molecule has 0 spiro atoms. The Labute approximate surface area is 180 Å². The van der Waals surface area contributed by atoms with Crippen LogP contribution in [0.25, 0.3) is 11.3 Å². The van der Waals surface area contributed by atoms with Gasteiger partial charge in [0.2, 0.25) is 0 Å². The third kappa shape index (κ3) is 3.59. The summed E-state index contributed by atoms with van der Waals surface area (Å²) in [5.74, 6) is -0.552. The second-order valence-corrected chi connectivity index (χ2v) is 8.59. The summed E-state index contributed by atoms with van der Waals surface area (Å²) in [5, 5.41) is 11.7. The zero-order valence-corrected chi connectivity index (χ0v) is 18.3. The van der Waals surface area contributed by atoms with Crippen molar-refractivity contribution in [1.82, 2.24) is 4.68 Å². The Bertz CT molecular complexity index is 1070. The maximum Gasteiger partial charge on any atom is 0.341 e. The largest absolute Gasteiger partial charge is 0.496 e. The zero-order valence-electron chi connectivity index (χ0n) is 18.3. The molecule has 1 atom stereocenters. The second-order valence-electron chi connectivity index (χ2n) is 8.59. The minimum absolute atomic E-state index is 0.0604. The number of benzene rings is 1. The number of carboxylic acids is 1. The third-order valence-corrected chi connectivity index (χ3v) is 6.22. The molecule has 166 valence electrons. The number of aromatic nitrogens is 1. The lowest BCUT2D eigenvalue weighted by atomic mass is 9.92. The Balaban J connectivity index is 1.88. The minimum Gasteiger partial charge on any atom is -0.496 e. The number of nitrogens with zero attached hydrogens (tertiary/aromatic N) is 2. The van der Waals surface area contributed by atoms with Crippen LogP contribution < -0.4 is 15.2 Å². The first kappa shape index (κ1) is 21.4. The topological polar surface area (TPSA) is 90.2 Å². The summed E-state index contributed by atoms with van der Waals surface area (Å²) < 4.78 is 18.3. The van der Waals surface area contributed by atoms with Crippen LogP contribution in [0.3, 0.4) is 0 Å². The van der Waals surface area contributed by atoms with E-state index in [9.17, 15) is 14.7 Å². The molecule has 1 aromatic carbocycles. The highest BCUT2D eigenvalue weighted by atomic mass is 16.5. The van der Waals surface area contributed by atoms with Gasteiger partial charge in [-0.2, -0.15) is 0 Å². The summed E-state index contributed by atoms with van der Waals surface area (Å²) in [6, 6.07) is 5.50. The first-order chi connectivity index (χ1) is 14.8. The molecule has 31 heavy (non-hydrogen) atoms. The van der Waals surface area contributed by atoms with Crippen molar-refractivity contribution in [1.29, 1.82) is 0 Å². The number of hydrogen-bond donors (Lipinski definition) is 1. The van der Waals surface area contributed by atoms with Crippen molar-refractivity contribution in [2.45, 2.75) is 44.9 Å². The Morgan fingerprint density at radius 2 is 2.00 bits per heavy atom. The highest BCUT2D eigenvalue weighted by Gasteiger charge is 2.45. The fourth-order valence-electron chi connectivity index (χ4n) is 4.71. The molecule has 1 N–H and O–H groups in total. The summed E-state index contributed by atoms with van der Waals surface area (Å²) in [6.45, 7) is 5.66. The van der Waals surface area contributed by atoms with Crippen LogP contribution in [0.4, 0.5) is 0 Å². The summed E-state index contributed by atoms with van der Waals surface area (Å²) in [7, 11) is 3.24. The second kappa shape index (κ2) is 8.01. The van der Waals surface area contributed by atoms with Crippen molar-refractivity contribution in [3.63, 3.8) is 0 Å². The fourth-order valence-corrected chi connectivity index (χ4v) is 4.71. The molecule has 2 aromatic rings. The summed E-state index contributed by atoms with van der Waals surface area (Å²) in [5.41, 5.74) is 2.64. The van der Waals surface area contributed by atoms with Gasteiger partial charge in [0, 0.05) is 30.5 Å². The number of hydrogen-bond acceptors (Lipinski definition) is 6. The smallest absolute Gasteiger partial charge is 0.341 e. The van der Waals surface area contributed by atoms with E-state index >= 15 is 0 Å². The molecule has 0 amide bonds. The van der Waals surface area contributed by atoms with Crippen LogP contribution >= 0.6 is 0 Å². The lowest BCUT2D eigenvalue weighted by molar-refractivity contribution is 0.0607. The average molecular weight is 428 g/mol. The summed E-state index contributed by atoms with van der Waals surface area (Å²) in [4.78, 5) is 24.2. The number of pyridine rings is 1. The van der Waals surface area contributed by atoms with E-state index in [2.05, 4.69) is 24.9 Å². The van der Waals surface area contributed by atoms with Gasteiger partial charge in [-0.15, -0.1) is 0 Å². The predicted molar refractivity (Wildman–Crippen MR) is 115 cm³/mol. The molecule has 1 fully saturated rings. The van der Waals surface area contributed by atoms with E-state index in [-0.39, 0.29) is 17.1 Å². The maximum absolute atomic E-state index is 12.5. The van der Waals surface area contributed by atoms with E-state index in [1.165, 1.54) is 12.3 Å². The van der Waals surface area contributed by atoms with Gasteiger partial charge in [-0.05, 0) is 44.4 Å². The highest BCUT2D eigenvalue weighted by Crippen LogP contribution is 2.49. The lowest BCUT2D eigenvalue weighted by Gasteiger charge is -2.44. The van der Waals surface area contributed by atoms with Gasteiger partial charge in [-0.1, -0.05) is 0 Å². The van der Waals surface area contributed by atoms with Crippen molar-refractivity contribution in [3.8, 4) is 17.0 Å². The van der Waals surface area contributed by atoms with E-state index in [4.69, 9.17) is 14.2 Å². The third-order valence-electron chi connectivity index (χ3n) is 6.22. The van der Waals surface area contributed by atoms with Crippen LogP contribution in [0.1, 0.15) is 54.2 Å². The molecule has 8 nitrogen and oxygen atoms in total. The Kier molecular flexibility index (Phi) is 5.53. The van der Waals surface area contributed by atoms with Crippen molar-refractivity contribution < 1.29 is 24.1 Å². The molecule has 0 radical (unpaired) electrons. The SMILES string of the molecule is COCCOCc1cc2c(cc1OC)-c1cc(=O)c(C(=O)O)cn1N1[C@@H]2CCC1(C)C. The molecule has 0 aliphatic carbocycles. The Hall–Kier alpha value is -2.84. The van der Waals surface area contributed by atoms with Crippen LogP contribution in [-0.4, -0.2) is 48.7 Å². The summed E-state index contributed by atoms with van der Waals surface area (Å²) >= 11 is 0. The number of carboxylic acid groups (broad SMARTS) is 1. The van der Waals surface area contributed by atoms with Crippen molar-refractivity contribution in [2.75, 3.05) is 32.4 Å². The number of carbonyl (C=O) groups is 1. The number of aromatic carboxylic acids is 1.